The van der Waals surface area contributed by atoms with E-state index < -0.39 is 22.3 Å². The fourth-order valence-corrected chi connectivity index (χ4v) is 6.02. The maximum atomic E-state index is 12.9. The number of benzene rings is 2. The van der Waals surface area contributed by atoms with Gasteiger partial charge < -0.3 is 9.45 Å². The molecule has 168 valence electrons. The zero-order chi connectivity index (χ0) is 23.2. The molecule has 0 aromatic heterocycles. The lowest BCUT2D eigenvalue weighted by Gasteiger charge is -2.29. The van der Waals surface area contributed by atoms with Crippen molar-refractivity contribution in [3.8, 4) is 0 Å². The number of hydrogen-bond donors (Lipinski definition) is 2. The normalized spacial score (nSPS) is 20.2. The lowest BCUT2D eigenvalue weighted by atomic mass is 10.0. The lowest BCUT2D eigenvalue weighted by Crippen LogP contribution is -2.52. The van der Waals surface area contributed by atoms with Crippen molar-refractivity contribution in [2.75, 3.05) is 0 Å². The number of carbonyl (C=O) groups is 3. The Morgan fingerprint density at radius 3 is 2.47 bits per heavy atom. The number of aryl methyl sites for hydroxylation is 3. The van der Waals surface area contributed by atoms with Crippen LogP contribution in [0.2, 0.25) is 0 Å². The van der Waals surface area contributed by atoms with E-state index >= 15 is 0 Å². The van der Waals surface area contributed by atoms with Gasteiger partial charge in [0.05, 0.1) is 6.54 Å². The second-order valence-electron chi connectivity index (χ2n) is 8.44. The van der Waals surface area contributed by atoms with Crippen molar-refractivity contribution in [2.45, 2.75) is 57.6 Å². The number of nitrogens with zero attached hydrogens (tertiary/aromatic N) is 1. The number of sulfonamides is 1. The molecule has 4 rings (SSSR count). The van der Waals surface area contributed by atoms with Crippen LogP contribution in [0.3, 0.4) is 0 Å². The smallest absolute Gasteiger partial charge is 0.255 e. The van der Waals surface area contributed by atoms with Gasteiger partial charge in [-0.1, -0.05) is 34.0 Å². The third-order valence-electron chi connectivity index (χ3n) is 5.93. The minimum absolute atomic E-state index is 0.0358. The van der Waals surface area contributed by atoms with Crippen molar-refractivity contribution in [1.29, 1.82) is 0 Å². The van der Waals surface area contributed by atoms with Gasteiger partial charge >= 0.3 is 0 Å². The molecule has 0 spiro atoms. The molecule has 1 fully saturated rings. The minimum Gasteiger partial charge on any atom is -0.593 e. The maximum Gasteiger partial charge on any atom is 0.255 e. The largest absolute Gasteiger partial charge is 0.593 e. The zero-order valence-corrected chi connectivity index (χ0v) is 19.0. The van der Waals surface area contributed by atoms with Gasteiger partial charge in [-0.05, 0) is 44.4 Å². The topological polar surface area (TPSA) is 119 Å². The van der Waals surface area contributed by atoms with Gasteiger partial charge in [-0.15, -0.1) is 4.72 Å². The Morgan fingerprint density at radius 2 is 1.81 bits per heavy atom. The molecule has 2 heterocycles. The third-order valence-corrected chi connectivity index (χ3v) is 7.64. The van der Waals surface area contributed by atoms with Crippen molar-refractivity contribution in [3.63, 3.8) is 0 Å². The SMILES string of the molecule is Cc1cc(C)c([S+](=O)([O-])NCc2ccc3c(c2)C(=O)N(C2CCC(=O)NC2=O)C3)c(C)c1. The number of nitrogens with one attached hydrogen (secondary N) is 2. The van der Waals surface area contributed by atoms with Crippen molar-refractivity contribution in [3.05, 3.63) is 63.7 Å². The van der Waals surface area contributed by atoms with Gasteiger partial charge in [-0.3, -0.25) is 19.7 Å². The third kappa shape index (κ3) is 4.11. The van der Waals surface area contributed by atoms with E-state index in [1.807, 2.05) is 19.1 Å². The number of imide groups is 1. The van der Waals surface area contributed by atoms with Gasteiger partial charge in [0.15, 0.2) is 15.3 Å². The molecule has 2 aliphatic rings. The van der Waals surface area contributed by atoms with Crippen LogP contribution in [0, 0.1) is 20.8 Å². The summed E-state index contributed by atoms with van der Waals surface area (Å²) in [5.41, 5.74) is 4.23. The summed E-state index contributed by atoms with van der Waals surface area (Å²) in [5.74, 6) is -1.08. The van der Waals surface area contributed by atoms with Crippen molar-refractivity contribution < 1.29 is 23.1 Å². The molecule has 2 unspecified atom stereocenters. The summed E-state index contributed by atoms with van der Waals surface area (Å²) in [5, 5.41) is 2.28. The Bertz CT molecular complexity index is 1170. The van der Waals surface area contributed by atoms with E-state index in [-0.39, 0.29) is 36.2 Å². The molecule has 8 nitrogen and oxygen atoms in total. The highest BCUT2D eigenvalue weighted by molar-refractivity contribution is 7.95. The number of carbonyl (C=O) groups excluding carboxylic acids is 3. The molecule has 0 bridgehead atoms. The van der Waals surface area contributed by atoms with E-state index in [1.54, 1.807) is 32.0 Å². The predicted molar refractivity (Wildman–Crippen MR) is 117 cm³/mol. The lowest BCUT2D eigenvalue weighted by molar-refractivity contribution is -0.136. The maximum absolute atomic E-state index is 12.9. The number of rotatable bonds is 5. The summed E-state index contributed by atoms with van der Waals surface area (Å²) in [6.45, 7) is 5.78. The monoisotopic (exact) mass is 455 g/mol. The van der Waals surface area contributed by atoms with Crippen LogP contribution in [0.15, 0.2) is 35.2 Å². The average Bonchev–Trinajstić information content (AvgIpc) is 3.01. The van der Waals surface area contributed by atoms with Crippen LogP contribution in [-0.2, 0) is 37.3 Å². The summed E-state index contributed by atoms with van der Waals surface area (Å²) in [7, 11) is -3.73. The molecule has 1 saturated heterocycles. The standard InChI is InChI=1S/C23H25N3O5S/c1-13-8-14(2)21(15(3)9-13)32(30,31)24-11-16-4-5-17-12-26(23(29)18(17)10-16)19-6-7-20(27)25-22(19)28/h4-5,8-10,19H,6-7,11-12H2,1-3H3,(H2-,24,25,27,28,30,31). The summed E-state index contributed by atoms with van der Waals surface area (Å²) in [6.07, 6.45) is 0.494. The summed E-state index contributed by atoms with van der Waals surface area (Å²) in [4.78, 5) is 38.3. The summed E-state index contributed by atoms with van der Waals surface area (Å²) < 4.78 is 28.5. The van der Waals surface area contributed by atoms with Gasteiger partial charge in [-0.25, -0.2) is 0 Å². The molecule has 0 saturated carbocycles. The van der Waals surface area contributed by atoms with E-state index in [2.05, 4.69) is 10.0 Å². The average molecular weight is 456 g/mol. The first kappa shape index (κ1) is 22.3. The van der Waals surface area contributed by atoms with E-state index in [0.717, 1.165) is 11.1 Å². The van der Waals surface area contributed by atoms with Crippen LogP contribution in [0.25, 0.3) is 0 Å². The highest BCUT2D eigenvalue weighted by Crippen LogP contribution is 2.29. The van der Waals surface area contributed by atoms with Crippen LogP contribution in [0.1, 0.15) is 51.0 Å². The molecule has 2 atom stereocenters. The predicted octanol–water partition coefficient (Wildman–Crippen LogP) is 2.07. The van der Waals surface area contributed by atoms with Gasteiger partial charge in [-0.2, -0.15) is 0 Å². The number of fused-ring (bicyclic) bond motifs is 1. The van der Waals surface area contributed by atoms with Gasteiger partial charge in [0, 0.05) is 29.7 Å². The van der Waals surface area contributed by atoms with Crippen molar-refractivity contribution >= 4 is 28.1 Å². The molecule has 2 aromatic rings. The first-order valence-corrected chi connectivity index (χ1v) is 11.9. The van der Waals surface area contributed by atoms with Crippen LogP contribution < -0.4 is 10.0 Å². The molecule has 2 aromatic carbocycles. The van der Waals surface area contributed by atoms with Crippen LogP contribution in [-0.4, -0.2) is 33.2 Å². The molecular weight excluding hydrogens is 430 g/mol. The fourth-order valence-electron chi connectivity index (χ4n) is 4.55. The highest BCUT2D eigenvalue weighted by Gasteiger charge is 2.39. The molecule has 32 heavy (non-hydrogen) atoms. The molecule has 2 N–H and O–H groups in total. The number of piperidine rings is 1. The van der Waals surface area contributed by atoms with E-state index in [9.17, 15) is 23.1 Å². The molecule has 0 aliphatic carbocycles. The second-order valence-corrected chi connectivity index (χ2v) is 10.1. The first-order chi connectivity index (χ1) is 15.1. The quantitative estimate of drug-likeness (QED) is 0.528. The fraction of sp³-hybridized carbons (Fsp3) is 0.348. The molecule has 2 aliphatic heterocycles. The minimum atomic E-state index is -3.73. The van der Waals surface area contributed by atoms with E-state index in [1.165, 1.54) is 4.90 Å². The van der Waals surface area contributed by atoms with Crippen molar-refractivity contribution in [1.82, 2.24) is 14.9 Å². The summed E-state index contributed by atoms with van der Waals surface area (Å²) >= 11 is 0. The number of amides is 3. The Hall–Kier alpha value is -2.88. The number of hydrogen-bond acceptors (Lipinski definition) is 5. The molecule has 9 heteroatoms. The van der Waals surface area contributed by atoms with Gasteiger partial charge in [0.1, 0.15) is 6.04 Å². The summed E-state index contributed by atoms with van der Waals surface area (Å²) in [6, 6.07) is 8.21. The van der Waals surface area contributed by atoms with Crippen LogP contribution >= 0.6 is 0 Å². The van der Waals surface area contributed by atoms with Crippen LogP contribution in [0.4, 0.5) is 0 Å². The zero-order valence-electron chi connectivity index (χ0n) is 18.2. The van der Waals surface area contributed by atoms with E-state index in [0.29, 0.717) is 28.7 Å². The first-order valence-electron chi connectivity index (χ1n) is 10.4. The van der Waals surface area contributed by atoms with Crippen molar-refractivity contribution in [2.24, 2.45) is 0 Å². The molecular formula is C23H25N3O5S. The van der Waals surface area contributed by atoms with E-state index in [4.69, 9.17) is 0 Å². The second kappa shape index (κ2) is 8.23. The Morgan fingerprint density at radius 1 is 1.12 bits per heavy atom. The molecule has 3 amide bonds. The molecule has 0 radical (unpaired) electrons. The Labute approximate surface area is 187 Å². The highest BCUT2D eigenvalue weighted by atomic mass is 32.3. The Balaban J connectivity index is 1.50. The van der Waals surface area contributed by atoms with Crippen LogP contribution in [0.5, 0.6) is 0 Å². The van der Waals surface area contributed by atoms with Gasteiger partial charge in [0.25, 0.3) is 5.91 Å². The Kier molecular flexibility index (Phi) is 5.74. The van der Waals surface area contributed by atoms with Gasteiger partial charge in [0.2, 0.25) is 11.8 Å².